The quantitative estimate of drug-likeness (QED) is 0.378. The fourth-order valence-electron chi connectivity index (χ4n) is 4.36. The van der Waals surface area contributed by atoms with Crippen LogP contribution in [-0.4, -0.2) is 21.7 Å². The topological polar surface area (TPSA) is 44.8 Å². The molecule has 0 unspecified atom stereocenters. The number of aryl methyl sites for hydroxylation is 1. The van der Waals surface area contributed by atoms with E-state index in [1.807, 2.05) is 13.0 Å². The SMILES string of the molecule is Cc1cc(F)cc(-c2cncc(-c3ccc(C(F)(F)F)cc3)c2N2CCc3[nH]ncc3C2)c1. The van der Waals surface area contributed by atoms with Crippen molar-refractivity contribution in [1.29, 1.82) is 0 Å². The lowest BCUT2D eigenvalue weighted by Gasteiger charge is -2.32. The molecule has 3 heterocycles. The van der Waals surface area contributed by atoms with E-state index in [4.69, 9.17) is 0 Å². The Morgan fingerprint density at radius 1 is 0.939 bits per heavy atom. The number of hydrogen-bond acceptors (Lipinski definition) is 3. The Morgan fingerprint density at radius 2 is 1.67 bits per heavy atom. The van der Waals surface area contributed by atoms with Crippen molar-refractivity contribution >= 4 is 5.69 Å². The molecular weight excluding hydrogens is 432 g/mol. The summed E-state index contributed by atoms with van der Waals surface area (Å²) in [7, 11) is 0. The molecule has 33 heavy (non-hydrogen) atoms. The fourth-order valence-corrected chi connectivity index (χ4v) is 4.36. The lowest BCUT2D eigenvalue weighted by Crippen LogP contribution is -2.31. The van der Waals surface area contributed by atoms with E-state index in [0.717, 1.165) is 46.6 Å². The van der Waals surface area contributed by atoms with Crippen molar-refractivity contribution in [3.63, 3.8) is 0 Å². The van der Waals surface area contributed by atoms with Crippen LogP contribution in [0, 0.1) is 12.7 Å². The smallest absolute Gasteiger partial charge is 0.366 e. The maximum Gasteiger partial charge on any atom is 0.416 e. The largest absolute Gasteiger partial charge is 0.416 e. The zero-order valence-electron chi connectivity index (χ0n) is 17.7. The Kier molecular flexibility index (Phi) is 5.15. The van der Waals surface area contributed by atoms with Gasteiger partial charge in [0.25, 0.3) is 0 Å². The summed E-state index contributed by atoms with van der Waals surface area (Å²) >= 11 is 0. The van der Waals surface area contributed by atoms with Crippen LogP contribution in [0.4, 0.5) is 23.2 Å². The molecule has 1 aliphatic rings. The second kappa shape index (κ2) is 8.03. The normalized spacial score (nSPS) is 13.8. The molecule has 0 saturated carbocycles. The van der Waals surface area contributed by atoms with E-state index < -0.39 is 11.7 Å². The predicted octanol–water partition coefficient (Wildman–Crippen LogP) is 6.17. The number of halogens is 4. The van der Waals surface area contributed by atoms with E-state index in [2.05, 4.69) is 20.1 Å². The van der Waals surface area contributed by atoms with E-state index in [9.17, 15) is 17.6 Å². The van der Waals surface area contributed by atoms with Crippen LogP contribution in [0.1, 0.15) is 22.4 Å². The van der Waals surface area contributed by atoms with Gasteiger partial charge in [0.05, 0.1) is 17.4 Å². The second-order valence-electron chi connectivity index (χ2n) is 8.22. The first-order chi connectivity index (χ1) is 15.8. The van der Waals surface area contributed by atoms with Crippen molar-refractivity contribution < 1.29 is 17.6 Å². The molecule has 8 heteroatoms. The first-order valence-corrected chi connectivity index (χ1v) is 10.5. The van der Waals surface area contributed by atoms with Gasteiger partial charge in [-0.25, -0.2) is 4.39 Å². The summed E-state index contributed by atoms with van der Waals surface area (Å²) in [5.41, 5.74) is 5.68. The summed E-state index contributed by atoms with van der Waals surface area (Å²) in [6, 6.07) is 9.85. The summed E-state index contributed by atoms with van der Waals surface area (Å²) < 4.78 is 53.6. The van der Waals surface area contributed by atoms with Crippen molar-refractivity contribution in [1.82, 2.24) is 15.2 Å². The summed E-state index contributed by atoms with van der Waals surface area (Å²) in [4.78, 5) is 6.52. The minimum Gasteiger partial charge on any atom is -0.366 e. The molecule has 0 saturated heterocycles. The molecule has 4 aromatic rings. The molecule has 0 bridgehead atoms. The van der Waals surface area contributed by atoms with Crippen LogP contribution in [-0.2, 0) is 19.1 Å². The highest BCUT2D eigenvalue weighted by molar-refractivity contribution is 5.90. The summed E-state index contributed by atoms with van der Waals surface area (Å²) in [6.45, 7) is 3.07. The number of H-pyrrole nitrogens is 1. The zero-order valence-corrected chi connectivity index (χ0v) is 17.7. The van der Waals surface area contributed by atoms with Gasteiger partial charge in [0.2, 0.25) is 0 Å². The molecule has 168 valence electrons. The molecule has 0 aliphatic carbocycles. The van der Waals surface area contributed by atoms with Gasteiger partial charge >= 0.3 is 6.18 Å². The molecule has 1 N–H and O–H groups in total. The second-order valence-corrected chi connectivity index (χ2v) is 8.22. The number of hydrogen-bond donors (Lipinski definition) is 1. The number of benzene rings is 2. The summed E-state index contributed by atoms with van der Waals surface area (Å²) in [5.74, 6) is -0.355. The van der Waals surface area contributed by atoms with Crippen LogP contribution in [0.15, 0.2) is 61.1 Å². The molecular formula is C25H20F4N4. The van der Waals surface area contributed by atoms with Gasteiger partial charge in [-0.15, -0.1) is 0 Å². The molecule has 0 amide bonds. The highest BCUT2D eigenvalue weighted by atomic mass is 19.4. The number of anilines is 1. The molecule has 5 rings (SSSR count). The van der Waals surface area contributed by atoms with Gasteiger partial charge in [-0.2, -0.15) is 18.3 Å². The molecule has 0 fully saturated rings. The van der Waals surface area contributed by atoms with Gasteiger partial charge in [0.1, 0.15) is 5.82 Å². The van der Waals surface area contributed by atoms with Crippen molar-refractivity contribution in [2.24, 2.45) is 0 Å². The maximum absolute atomic E-state index is 14.3. The van der Waals surface area contributed by atoms with E-state index in [0.29, 0.717) is 29.8 Å². The molecule has 1 aliphatic heterocycles. The van der Waals surface area contributed by atoms with Crippen molar-refractivity contribution in [3.05, 3.63) is 89.3 Å². The minimum atomic E-state index is -4.41. The Bertz CT molecular complexity index is 1290. The van der Waals surface area contributed by atoms with Gasteiger partial charge in [-0.1, -0.05) is 18.2 Å². The van der Waals surface area contributed by atoms with E-state index >= 15 is 0 Å². The minimum absolute atomic E-state index is 0.355. The van der Waals surface area contributed by atoms with Crippen molar-refractivity contribution in [2.75, 3.05) is 11.4 Å². The fraction of sp³-hybridized carbons (Fsp3) is 0.200. The van der Waals surface area contributed by atoms with Crippen molar-refractivity contribution in [2.45, 2.75) is 26.1 Å². The third kappa shape index (κ3) is 4.08. The van der Waals surface area contributed by atoms with Crippen LogP contribution in [0.3, 0.4) is 0 Å². The lowest BCUT2D eigenvalue weighted by atomic mass is 9.95. The standard InChI is InChI=1S/C25H20F4N4/c1-15-8-17(10-20(26)9-15)22-13-30-12-21(16-2-4-19(5-3-16)25(27,28)29)24(22)33-7-6-23-18(14-33)11-31-32-23/h2-5,8-13H,6-7,14H2,1H3,(H,31,32). The number of aromatic nitrogens is 3. The molecule has 0 atom stereocenters. The molecule has 2 aromatic heterocycles. The lowest BCUT2D eigenvalue weighted by molar-refractivity contribution is -0.137. The number of nitrogens with one attached hydrogen (secondary N) is 1. The van der Waals surface area contributed by atoms with E-state index in [1.54, 1.807) is 18.6 Å². The highest BCUT2D eigenvalue weighted by Crippen LogP contribution is 2.41. The number of rotatable bonds is 3. The van der Waals surface area contributed by atoms with E-state index in [-0.39, 0.29) is 5.82 Å². The Labute approximate surface area is 187 Å². The maximum atomic E-state index is 14.3. The van der Waals surface area contributed by atoms with Crippen LogP contribution in [0.5, 0.6) is 0 Å². The third-order valence-electron chi connectivity index (χ3n) is 5.91. The average molecular weight is 452 g/mol. The monoisotopic (exact) mass is 452 g/mol. The van der Waals surface area contributed by atoms with E-state index in [1.165, 1.54) is 24.3 Å². The molecule has 0 radical (unpaired) electrons. The van der Waals surface area contributed by atoms with Crippen LogP contribution >= 0.6 is 0 Å². The van der Waals surface area contributed by atoms with Crippen LogP contribution < -0.4 is 4.90 Å². The Balaban J connectivity index is 1.68. The molecule has 2 aromatic carbocycles. The zero-order chi connectivity index (χ0) is 23.2. The number of aromatic amines is 1. The van der Waals surface area contributed by atoms with Crippen LogP contribution in [0.2, 0.25) is 0 Å². The highest BCUT2D eigenvalue weighted by Gasteiger charge is 2.30. The predicted molar refractivity (Wildman–Crippen MR) is 118 cm³/mol. The Morgan fingerprint density at radius 3 is 2.36 bits per heavy atom. The van der Waals surface area contributed by atoms with Gasteiger partial charge in [-0.3, -0.25) is 10.1 Å². The van der Waals surface area contributed by atoms with Gasteiger partial charge in [0.15, 0.2) is 0 Å². The first kappa shape index (κ1) is 21.2. The summed E-state index contributed by atoms with van der Waals surface area (Å²) in [5, 5.41) is 7.14. The van der Waals surface area contributed by atoms with Gasteiger partial charge in [0, 0.05) is 54.3 Å². The molecule has 0 spiro atoms. The molecule has 4 nitrogen and oxygen atoms in total. The number of alkyl halides is 3. The van der Waals surface area contributed by atoms with Gasteiger partial charge in [-0.05, 0) is 47.9 Å². The first-order valence-electron chi connectivity index (χ1n) is 10.5. The third-order valence-corrected chi connectivity index (χ3v) is 5.91. The van der Waals surface area contributed by atoms with Crippen molar-refractivity contribution in [3.8, 4) is 22.3 Å². The number of pyridine rings is 1. The van der Waals surface area contributed by atoms with Crippen LogP contribution in [0.25, 0.3) is 22.3 Å². The average Bonchev–Trinajstić information content (AvgIpc) is 3.25. The Hall–Kier alpha value is -3.68. The number of nitrogens with zero attached hydrogens (tertiary/aromatic N) is 3. The summed E-state index contributed by atoms with van der Waals surface area (Å²) in [6.07, 6.45) is 1.45. The van der Waals surface area contributed by atoms with Gasteiger partial charge < -0.3 is 4.90 Å². The number of fused-ring (bicyclic) bond motifs is 1.